The van der Waals surface area contributed by atoms with Crippen LogP contribution in [0.15, 0.2) is 42.5 Å². The van der Waals surface area contributed by atoms with Gasteiger partial charge in [-0.1, -0.05) is 0 Å². The SMILES string of the molecule is O=C(c1ccc(F)cc1)c1ccc2c(c1)CCCN2. The van der Waals surface area contributed by atoms with E-state index in [0.29, 0.717) is 11.1 Å². The number of carbonyl (C=O) groups excluding carboxylic acids is 1. The van der Waals surface area contributed by atoms with E-state index < -0.39 is 0 Å². The van der Waals surface area contributed by atoms with Crippen LogP contribution in [0.2, 0.25) is 0 Å². The standard InChI is InChI=1S/C16H14FNO/c17-14-6-3-11(4-7-14)16(19)13-5-8-15-12(10-13)2-1-9-18-15/h3-8,10,18H,1-2,9H2. The second-order valence-corrected chi connectivity index (χ2v) is 4.74. The number of carbonyl (C=O) groups is 1. The first-order chi connectivity index (χ1) is 9.24. The van der Waals surface area contributed by atoms with Gasteiger partial charge in [-0.25, -0.2) is 4.39 Å². The van der Waals surface area contributed by atoms with Crippen molar-refractivity contribution < 1.29 is 9.18 Å². The number of aryl methyl sites for hydroxylation is 1. The molecule has 96 valence electrons. The van der Waals surface area contributed by atoms with Crippen molar-refractivity contribution in [3.8, 4) is 0 Å². The van der Waals surface area contributed by atoms with E-state index in [2.05, 4.69) is 5.32 Å². The molecular weight excluding hydrogens is 241 g/mol. The van der Waals surface area contributed by atoms with Crippen LogP contribution in [-0.2, 0) is 6.42 Å². The first-order valence-electron chi connectivity index (χ1n) is 6.41. The first-order valence-corrected chi connectivity index (χ1v) is 6.41. The number of benzene rings is 2. The van der Waals surface area contributed by atoms with Crippen LogP contribution in [0.4, 0.5) is 10.1 Å². The topological polar surface area (TPSA) is 29.1 Å². The third-order valence-corrected chi connectivity index (χ3v) is 3.41. The smallest absolute Gasteiger partial charge is 0.193 e. The van der Waals surface area contributed by atoms with Crippen LogP contribution < -0.4 is 5.32 Å². The summed E-state index contributed by atoms with van der Waals surface area (Å²) in [6.45, 7) is 0.984. The number of rotatable bonds is 2. The number of hydrogen-bond donors (Lipinski definition) is 1. The van der Waals surface area contributed by atoms with Crippen molar-refractivity contribution in [3.05, 3.63) is 65.0 Å². The van der Waals surface area contributed by atoms with E-state index >= 15 is 0 Å². The van der Waals surface area contributed by atoms with E-state index in [1.165, 1.54) is 29.8 Å². The van der Waals surface area contributed by atoms with Crippen molar-refractivity contribution in [2.45, 2.75) is 12.8 Å². The Hall–Kier alpha value is -2.16. The van der Waals surface area contributed by atoms with Crippen molar-refractivity contribution in [1.29, 1.82) is 0 Å². The molecule has 0 bridgehead atoms. The summed E-state index contributed by atoms with van der Waals surface area (Å²) in [5, 5.41) is 3.32. The minimum absolute atomic E-state index is 0.0617. The number of halogens is 1. The quantitative estimate of drug-likeness (QED) is 0.833. The molecule has 2 aromatic carbocycles. The highest BCUT2D eigenvalue weighted by Crippen LogP contribution is 2.24. The zero-order valence-corrected chi connectivity index (χ0v) is 10.4. The average Bonchev–Trinajstić information content (AvgIpc) is 2.47. The fraction of sp³-hybridized carbons (Fsp3) is 0.188. The van der Waals surface area contributed by atoms with Gasteiger partial charge in [0, 0.05) is 23.4 Å². The summed E-state index contributed by atoms with van der Waals surface area (Å²) in [5.41, 5.74) is 3.47. The predicted octanol–water partition coefficient (Wildman–Crippen LogP) is 3.41. The summed E-state index contributed by atoms with van der Waals surface area (Å²) in [7, 11) is 0. The van der Waals surface area contributed by atoms with Crippen molar-refractivity contribution in [3.63, 3.8) is 0 Å². The second kappa shape index (κ2) is 4.84. The molecule has 2 aromatic rings. The first kappa shape index (κ1) is 11.9. The molecule has 0 spiro atoms. The highest BCUT2D eigenvalue weighted by Gasteiger charge is 2.13. The van der Waals surface area contributed by atoms with Crippen LogP contribution in [0.25, 0.3) is 0 Å². The lowest BCUT2D eigenvalue weighted by Gasteiger charge is -2.18. The summed E-state index contributed by atoms with van der Waals surface area (Å²) < 4.78 is 12.9. The molecule has 0 saturated carbocycles. The minimum Gasteiger partial charge on any atom is -0.385 e. The molecule has 0 fully saturated rings. The zero-order chi connectivity index (χ0) is 13.2. The van der Waals surface area contributed by atoms with Gasteiger partial charge in [-0.2, -0.15) is 0 Å². The molecule has 0 radical (unpaired) electrons. The van der Waals surface area contributed by atoms with Gasteiger partial charge in [0.1, 0.15) is 5.82 Å². The van der Waals surface area contributed by atoms with Crippen LogP contribution >= 0.6 is 0 Å². The molecule has 1 aliphatic heterocycles. The average molecular weight is 255 g/mol. The Morgan fingerprint density at radius 2 is 1.79 bits per heavy atom. The second-order valence-electron chi connectivity index (χ2n) is 4.74. The molecule has 0 unspecified atom stereocenters. The molecule has 0 aliphatic carbocycles. The summed E-state index contributed by atoms with van der Waals surface area (Å²) in [6, 6.07) is 11.4. The van der Waals surface area contributed by atoms with Crippen molar-refractivity contribution in [1.82, 2.24) is 0 Å². The van der Waals surface area contributed by atoms with E-state index in [1.807, 2.05) is 18.2 Å². The maximum atomic E-state index is 12.9. The summed E-state index contributed by atoms with van der Waals surface area (Å²) >= 11 is 0. The molecular formula is C16H14FNO. The molecule has 1 aliphatic rings. The molecule has 0 saturated heterocycles. The van der Waals surface area contributed by atoms with Gasteiger partial charge in [-0.3, -0.25) is 4.79 Å². The molecule has 0 amide bonds. The van der Waals surface area contributed by atoms with Crippen LogP contribution in [0.5, 0.6) is 0 Å². The van der Waals surface area contributed by atoms with Crippen LogP contribution in [0, 0.1) is 5.82 Å². The molecule has 0 aromatic heterocycles. The Balaban J connectivity index is 1.93. The maximum absolute atomic E-state index is 12.9. The van der Waals surface area contributed by atoms with Crippen molar-refractivity contribution in [2.75, 3.05) is 11.9 Å². The van der Waals surface area contributed by atoms with Gasteiger partial charge in [-0.05, 0) is 60.9 Å². The molecule has 2 nitrogen and oxygen atoms in total. The maximum Gasteiger partial charge on any atom is 0.193 e. The minimum atomic E-state index is -0.328. The van der Waals surface area contributed by atoms with Gasteiger partial charge in [-0.15, -0.1) is 0 Å². The monoisotopic (exact) mass is 255 g/mol. The van der Waals surface area contributed by atoms with Crippen LogP contribution in [0.3, 0.4) is 0 Å². The molecule has 1 N–H and O–H groups in total. The Kier molecular flexibility index (Phi) is 3.03. The number of fused-ring (bicyclic) bond motifs is 1. The lowest BCUT2D eigenvalue weighted by Crippen LogP contribution is -2.12. The lowest BCUT2D eigenvalue weighted by atomic mass is 9.96. The van der Waals surface area contributed by atoms with Crippen molar-refractivity contribution in [2.24, 2.45) is 0 Å². The van der Waals surface area contributed by atoms with Gasteiger partial charge < -0.3 is 5.32 Å². The Morgan fingerprint density at radius 3 is 2.58 bits per heavy atom. The summed E-state index contributed by atoms with van der Waals surface area (Å²) in [4.78, 5) is 12.3. The van der Waals surface area contributed by atoms with Crippen molar-refractivity contribution >= 4 is 11.5 Å². The Morgan fingerprint density at radius 1 is 1.05 bits per heavy atom. The fourth-order valence-electron chi connectivity index (χ4n) is 2.38. The highest BCUT2D eigenvalue weighted by molar-refractivity contribution is 6.09. The van der Waals surface area contributed by atoms with E-state index in [9.17, 15) is 9.18 Å². The Bertz CT molecular complexity index is 619. The summed E-state index contributed by atoms with van der Waals surface area (Å²) in [6.07, 6.45) is 2.08. The van der Waals surface area contributed by atoms with E-state index in [1.54, 1.807) is 0 Å². The van der Waals surface area contributed by atoms with Crippen LogP contribution in [0.1, 0.15) is 27.9 Å². The predicted molar refractivity (Wildman–Crippen MR) is 73.1 cm³/mol. The van der Waals surface area contributed by atoms with Gasteiger partial charge in [0.25, 0.3) is 0 Å². The zero-order valence-electron chi connectivity index (χ0n) is 10.4. The molecule has 19 heavy (non-hydrogen) atoms. The van der Waals surface area contributed by atoms with E-state index in [0.717, 1.165) is 25.1 Å². The summed E-state index contributed by atoms with van der Waals surface area (Å²) in [5.74, 6) is -0.389. The fourth-order valence-corrected chi connectivity index (χ4v) is 2.38. The Labute approximate surface area is 111 Å². The molecule has 1 heterocycles. The van der Waals surface area contributed by atoms with Gasteiger partial charge in [0.15, 0.2) is 5.78 Å². The third kappa shape index (κ3) is 2.36. The van der Waals surface area contributed by atoms with Gasteiger partial charge in [0.2, 0.25) is 0 Å². The normalized spacial score (nSPS) is 13.5. The molecule has 3 rings (SSSR count). The number of anilines is 1. The van der Waals surface area contributed by atoms with E-state index in [4.69, 9.17) is 0 Å². The number of nitrogens with one attached hydrogen (secondary N) is 1. The van der Waals surface area contributed by atoms with E-state index in [-0.39, 0.29) is 11.6 Å². The molecule has 0 atom stereocenters. The number of ketones is 1. The number of hydrogen-bond acceptors (Lipinski definition) is 2. The third-order valence-electron chi connectivity index (χ3n) is 3.41. The van der Waals surface area contributed by atoms with Crippen LogP contribution in [-0.4, -0.2) is 12.3 Å². The van der Waals surface area contributed by atoms with Gasteiger partial charge >= 0.3 is 0 Å². The molecule has 3 heteroatoms. The highest BCUT2D eigenvalue weighted by atomic mass is 19.1. The lowest BCUT2D eigenvalue weighted by molar-refractivity contribution is 0.103. The van der Waals surface area contributed by atoms with Gasteiger partial charge in [0.05, 0.1) is 0 Å². The largest absolute Gasteiger partial charge is 0.385 e.